The first-order valence-corrected chi connectivity index (χ1v) is 5.25. The minimum absolute atomic E-state index is 0.0548. The summed E-state index contributed by atoms with van der Waals surface area (Å²) >= 11 is 1.14. The first kappa shape index (κ1) is 9.72. The SMILES string of the molecule is Nc1cccnc1NCc1csc(=O)[nH]1. The van der Waals surface area contributed by atoms with E-state index < -0.39 is 0 Å². The Morgan fingerprint density at radius 3 is 3.13 bits per heavy atom. The van der Waals surface area contributed by atoms with Gasteiger partial charge in [0.15, 0.2) is 0 Å². The van der Waals surface area contributed by atoms with Crippen molar-refractivity contribution >= 4 is 22.8 Å². The third kappa shape index (κ3) is 2.35. The van der Waals surface area contributed by atoms with Gasteiger partial charge in [0.2, 0.25) is 0 Å². The molecule has 0 unspecified atom stereocenters. The lowest BCUT2D eigenvalue weighted by molar-refractivity contribution is 1.04. The predicted octanol–water partition coefficient (Wildman–Crippen LogP) is 1.03. The quantitative estimate of drug-likeness (QED) is 0.724. The number of hydrogen-bond donors (Lipinski definition) is 3. The average Bonchev–Trinajstić information content (AvgIpc) is 2.63. The Morgan fingerprint density at radius 2 is 2.47 bits per heavy atom. The summed E-state index contributed by atoms with van der Waals surface area (Å²) in [4.78, 5) is 17.6. The third-order valence-electron chi connectivity index (χ3n) is 1.86. The Kier molecular flexibility index (Phi) is 2.68. The van der Waals surface area contributed by atoms with Gasteiger partial charge in [0.1, 0.15) is 5.82 Å². The van der Waals surface area contributed by atoms with E-state index in [2.05, 4.69) is 15.3 Å². The number of nitrogen functional groups attached to an aromatic ring is 1. The molecule has 0 atom stereocenters. The van der Waals surface area contributed by atoms with Crippen molar-refractivity contribution in [1.82, 2.24) is 9.97 Å². The summed E-state index contributed by atoms with van der Waals surface area (Å²) in [5, 5.41) is 4.82. The molecule has 0 spiro atoms. The number of thiazole rings is 1. The number of pyridine rings is 1. The molecule has 5 nitrogen and oxygen atoms in total. The van der Waals surface area contributed by atoms with Crippen LogP contribution in [0.3, 0.4) is 0 Å². The number of hydrogen-bond acceptors (Lipinski definition) is 5. The summed E-state index contributed by atoms with van der Waals surface area (Å²) in [6.07, 6.45) is 1.66. The zero-order valence-electron chi connectivity index (χ0n) is 7.86. The largest absolute Gasteiger partial charge is 0.396 e. The van der Waals surface area contributed by atoms with E-state index in [0.29, 0.717) is 18.1 Å². The zero-order valence-corrected chi connectivity index (χ0v) is 8.67. The molecule has 0 amide bonds. The molecule has 0 aliphatic rings. The Hall–Kier alpha value is -1.82. The highest BCUT2D eigenvalue weighted by Crippen LogP contribution is 2.13. The van der Waals surface area contributed by atoms with Gasteiger partial charge in [0.25, 0.3) is 0 Å². The maximum absolute atomic E-state index is 10.9. The lowest BCUT2D eigenvalue weighted by Gasteiger charge is -2.05. The van der Waals surface area contributed by atoms with Crippen LogP contribution >= 0.6 is 11.3 Å². The number of anilines is 2. The number of aromatic nitrogens is 2. The van der Waals surface area contributed by atoms with Gasteiger partial charge in [-0.05, 0) is 12.1 Å². The molecule has 78 valence electrons. The molecule has 2 aromatic rings. The smallest absolute Gasteiger partial charge is 0.304 e. The minimum atomic E-state index is -0.0548. The van der Waals surface area contributed by atoms with E-state index in [4.69, 9.17) is 5.73 Å². The summed E-state index contributed by atoms with van der Waals surface area (Å²) in [6, 6.07) is 3.54. The lowest BCUT2D eigenvalue weighted by Crippen LogP contribution is -2.05. The van der Waals surface area contributed by atoms with Crippen LogP contribution in [0.5, 0.6) is 0 Å². The van der Waals surface area contributed by atoms with Gasteiger partial charge in [-0.25, -0.2) is 4.98 Å². The van der Waals surface area contributed by atoms with Crippen molar-refractivity contribution in [2.75, 3.05) is 11.1 Å². The van der Waals surface area contributed by atoms with Gasteiger partial charge in [0.05, 0.1) is 12.2 Å². The highest BCUT2D eigenvalue weighted by molar-refractivity contribution is 7.07. The van der Waals surface area contributed by atoms with Crippen molar-refractivity contribution in [2.24, 2.45) is 0 Å². The van der Waals surface area contributed by atoms with E-state index in [1.165, 1.54) is 0 Å². The molecule has 0 radical (unpaired) electrons. The Labute approximate surface area is 90.0 Å². The Balaban J connectivity index is 2.05. The van der Waals surface area contributed by atoms with Gasteiger partial charge in [-0.15, -0.1) is 0 Å². The second-order valence-electron chi connectivity index (χ2n) is 2.97. The van der Waals surface area contributed by atoms with Gasteiger partial charge < -0.3 is 16.0 Å². The van der Waals surface area contributed by atoms with Crippen LogP contribution in [-0.4, -0.2) is 9.97 Å². The van der Waals surface area contributed by atoms with E-state index in [1.807, 2.05) is 0 Å². The Bertz CT molecular complexity index is 505. The predicted molar refractivity (Wildman–Crippen MR) is 60.9 cm³/mol. The summed E-state index contributed by atoms with van der Waals surface area (Å²) in [7, 11) is 0. The van der Waals surface area contributed by atoms with Crippen molar-refractivity contribution in [3.05, 3.63) is 39.1 Å². The van der Waals surface area contributed by atoms with E-state index in [-0.39, 0.29) is 4.87 Å². The molecule has 0 saturated heterocycles. The number of H-pyrrole nitrogens is 1. The molecule has 0 aliphatic carbocycles. The first-order chi connectivity index (χ1) is 7.25. The highest BCUT2D eigenvalue weighted by Gasteiger charge is 2.00. The number of aromatic amines is 1. The normalized spacial score (nSPS) is 10.1. The standard InChI is InChI=1S/C9H10N4OS/c10-7-2-1-3-11-8(7)12-4-6-5-15-9(14)13-6/h1-3,5H,4,10H2,(H,11,12)(H,13,14). The van der Waals surface area contributed by atoms with Crippen LogP contribution in [0.25, 0.3) is 0 Å². The van der Waals surface area contributed by atoms with Crippen molar-refractivity contribution in [3.8, 4) is 0 Å². The number of nitrogens with one attached hydrogen (secondary N) is 2. The molecule has 2 heterocycles. The van der Waals surface area contributed by atoms with Crippen LogP contribution in [0.1, 0.15) is 5.69 Å². The fourth-order valence-electron chi connectivity index (χ4n) is 1.14. The van der Waals surface area contributed by atoms with Gasteiger partial charge in [-0.3, -0.25) is 4.79 Å². The van der Waals surface area contributed by atoms with Crippen LogP contribution < -0.4 is 15.9 Å². The number of rotatable bonds is 3. The van der Waals surface area contributed by atoms with Crippen LogP contribution in [-0.2, 0) is 6.54 Å². The van der Waals surface area contributed by atoms with Gasteiger partial charge in [-0.2, -0.15) is 0 Å². The van der Waals surface area contributed by atoms with Gasteiger partial charge >= 0.3 is 4.87 Å². The zero-order chi connectivity index (χ0) is 10.7. The Morgan fingerprint density at radius 1 is 1.60 bits per heavy atom. The molecular weight excluding hydrogens is 212 g/mol. The van der Waals surface area contributed by atoms with Crippen LogP contribution in [0.2, 0.25) is 0 Å². The fraction of sp³-hybridized carbons (Fsp3) is 0.111. The molecule has 6 heteroatoms. The number of nitrogens with zero attached hydrogens (tertiary/aromatic N) is 1. The molecule has 0 bridgehead atoms. The molecule has 0 saturated carbocycles. The maximum atomic E-state index is 10.9. The third-order valence-corrected chi connectivity index (χ3v) is 2.57. The molecule has 0 fully saturated rings. The topological polar surface area (TPSA) is 83.8 Å². The fourth-order valence-corrected chi connectivity index (χ4v) is 1.73. The molecule has 0 aromatic carbocycles. The van der Waals surface area contributed by atoms with Crippen LogP contribution in [0.15, 0.2) is 28.5 Å². The van der Waals surface area contributed by atoms with Crippen LogP contribution in [0, 0.1) is 0 Å². The maximum Gasteiger partial charge on any atom is 0.304 e. The second kappa shape index (κ2) is 4.14. The molecule has 15 heavy (non-hydrogen) atoms. The molecule has 0 aliphatic heterocycles. The van der Waals surface area contributed by atoms with E-state index in [9.17, 15) is 4.79 Å². The van der Waals surface area contributed by atoms with Crippen molar-refractivity contribution in [3.63, 3.8) is 0 Å². The second-order valence-corrected chi connectivity index (χ2v) is 3.81. The monoisotopic (exact) mass is 222 g/mol. The summed E-state index contributed by atoms with van der Waals surface area (Å²) in [5.74, 6) is 0.629. The van der Waals surface area contributed by atoms with Gasteiger partial charge in [0, 0.05) is 17.3 Å². The lowest BCUT2D eigenvalue weighted by atomic mass is 10.4. The number of nitrogens with two attached hydrogens (primary N) is 1. The van der Waals surface area contributed by atoms with E-state index >= 15 is 0 Å². The summed E-state index contributed by atoms with van der Waals surface area (Å²) in [6.45, 7) is 0.514. The summed E-state index contributed by atoms with van der Waals surface area (Å²) in [5.41, 5.74) is 7.12. The average molecular weight is 222 g/mol. The van der Waals surface area contributed by atoms with Crippen LogP contribution in [0.4, 0.5) is 11.5 Å². The van der Waals surface area contributed by atoms with E-state index in [1.54, 1.807) is 23.7 Å². The van der Waals surface area contributed by atoms with Crippen molar-refractivity contribution in [2.45, 2.75) is 6.54 Å². The molecule has 4 N–H and O–H groups in total. The van der Waals surface area contributed by atoms with E-state index in [0.717, 1.165) is 17.0 Å². The van der Waals surface area contributed by atoms with Crippen molar-refractivity contribution < 1.29 is 0 Å². The van der Waals surface area contributed by atoms with Crippen molar-refractivity contribution in [1.29, 1.82) is 0 Å². The summed E-state index contributed by atoms with van der Waals surface area (Å²) < 4.78 is 0. The first-order valence-electron chi connectivity index (χ1n) is 4.37. The van der Waals surface area contributed by atoms with Gasteiger partial charge in [-0.1, -0.05) is 11.3 Å². The molecule has 2 rings (SSSR count). The minimum Gasteiger partial charge on any atom is -0.396 e. The highest BCUT2D eigenvalue weighted by atomic mass is 32.1. The molecule has 2 aromatic heterocycles. The molecular formula is C9H10N4OS.